The molecule has 2 heterocycles. The number of aryl methyl sites for hydroxylation is 1. The first-order valence-electron chi connectivity index (χ1n) is 5.17. The van der Waals surface area contributed by atoms with Gasteiger partial charge in [0.15, 0.2) is 5.43 Å². The van der Waals surface area contributed by atoms with E-state index < -0.39 is 0 Å². The van der Waals surface area contributed by atoms with Gasteiger partial charge in [0.05, 0.1) is 0 Å². The Bertz CT molecular complexity index is 364. The van der Waals surface area contributed by atoms with Gasteiger partial charge in [-0.05, 0) is 32.9 Å². The zero-order chi connectivity index (χ0) is 9.97. The predicted octanol–water partition coefficient (Wildman–Crippen LogP) is 1.15. The van der Waals surface area contributed by atoms with Crippen LogP contribution in [0.5, 0.6) is 0 Å². The molecule has 3 nitrogen and oxygen atoms in total. The quantitative estimate of drug-likeness (QED) is 0.701. The Balaban J connectivity index is 2.26. The number of H-pyrrole nitrogens is 1. The molecule has 0 radical (unpaired) electrons. The molecule has 1 aromatic rings. The third-order valence-electron chi connectivity index (χ3n) is 2.78. The number of pyridine rings is 1. The minimum absolute atomic E-state index is 0.120. The number of aromatic nitrogens is 1. The number of hydrogen-bond donors (Lipinski definition) is 2. The van der Waals surface area contributed by atoms with Crippen molar-refractivity contribution in [3.63, 3.8) is 0 Å². The number of nitrogens with one attached hydrogen (secondary N) is 2. The van der Waals surface area contributed by atoms with Gasteiger partial charge in [-0.25, -0.2) is 0 Å². The van der Waals surface area contributed by atoms with Crippen LogP contribution in [0.3, 0.4) is 0 Å². The smallest absolute Gasteiger partial charge is 0.182 e. The van der Waals surface area contributed by atoms with E-state index in [1.807, 2.05) is 6.92 Å². The van der Waals surface area contributed by atoms with Gasteiger partial charge in [-0.15, -0.1) is 0 Å². The van der Waals surface area contributed by atoms with Crippen LogP contribution in [-0.4, -0.2) is 18.1 Å². The van der Waals surface area contributed by atoms with Crippen molar-refractivity contribution in [2.75, 3.05) is 13.1 Å². The van der Waals surface area contributed by atoms with E-state index in [1.54, 1.807) is 12.1 Å². The molecule has 2 rings (SSSR count). The molecule has 0 spiro atoms. The summed E-state index contributed by atoms with van der Waals surface area (Å²) in [5.41, 5.74) is 2.19. The number of piperidine rings is 1. The second kappa shape index (κ2) is 3.96. The highest BCUT2D eigenvalue weighted by Gasteiger charge is 2.15. The molecule has 0 bridgehead atoms. The topological polar surface area (TPSA) is 44.9 Å². The molecular formula is C11H16N2O. The van der Waals surface area contributed by atoms with E-state index in [2.05, 4.69) is 10.3 Å². The van der Waals surface area contributed by atoms with Crippen LogP contribution in [-0.2, 0) is 0 Å². The molecule has 1 aromatic heterocycles. The minimum Gasteiger partial charge on any atom is -0.362 e. The highest BCUT2D eigenvalue weighted by atomic mass is 16.1. The summed E-state index contributed by atoms with van der Waals surface area (Å²) in [6.07, 6.45) is 2.25. The van der Waals surface area contributed by atoms with Crippen molar-refractivity contribution >= 4 is 0 Å². The fraction of sp³-hybridized carbons (Fsp3) is 0.545. The molecule has 1 aliphatic rings. The van der Waals surface area contributed by atoms with E-state index in [4.69, 9.17) is 0 Å². The van der Waals surface area contributed by atoms with Crippen LogP contribution >= 0.6 is 0 Å². The normalized spacial score (nSPS) is 18.4. The lowest BCUT2D eigenvalue weighted by Crippen LogP contribution is -2.27. The Kier molecular flexibility index (Phi) is 2.68. The molecule has 0 atom stereocenters. The fourth-order valence-corrected chi connectivity index (χ4v) is 2.06. The van der Waals surface area contributed by atoms with E-state index >= 15 is 0 Å². The molecule has 0 saturated carbocycles. The van der Waals surface area contributed by atoms with Crippen molar-refractivity contribution in [1.82, 2.24) is 10.3 Å². The highest BCUT2D eigenvalue weighted by Crippen LogP contribution is 2.22. The van der Waals surface area contributed by atoms with Crippen LogP contribution in [0.25, 0.3) is 0 Å². The zero-order valence-corrected chi connectivity index (χ0v) is 8.47. The molecule has 1 aliphatic heterocycles. The van der Waals surface area contributed by atoms with Gasteiger partial charge in [0.2, 0.25) is 0 Å². The van der Waals surface area contributed by atoms with E-state index in [9.17, 15) is 4.79 Å². The van der Waals surface area contributed by atoms with Crippen LogP contribution < -0.4 is 10.7 Å². The van der Waals surface area contributed by atoms with Crippen molar-refractivity contribution in [2.24, 2.45) is 0 Å². The summed E-state index contributed by atoms with van der Waals surface area (Å²) in [5, 5.41) is 3.32. The molecule has 0 amide bonds. The molecule has 0 aliphatic carbocycles. The summed E-state index contributed by atoms with van der Waals surface area (Å²) in [5.74, 6) is 0.531. The average molecular weight is 192 g/mol. The summed E-state index contributed by atoms with van der Waals surface area (Å²) in [6.45, 7) is 4.05. The van der Waals surface area contributed by atoms with Crippen molar-refractivity contribution in [3.8, 4) is 0 Å². The number of rotatable bonds is 1. The third kappa shape index (κ3) is 2.04. The first-order valence-corrected chi connectivity index (χ1v) is 5.17. The second-order valence-corrected chi connectivity index (χ2v) is 3.98. The monoisotopic (exact) mass is 192 g/mol. The van der Waals surface area contributed by atoms with Gasteiger partial charge in [0, 0.05) is 29.4 Å². The predicted molar refractivity (Wildman–Crippen MR) is 56.6 cm³/mol. The molecular weight excluding hydrogens is 176 g/mol. The summed E-state index contributed by atoms with van der Waals surface area (Å²) in [7, 11) is 0. The molecule has 76 valence electrons. The number of hydrogen-bond acceptors (Lipinski definition) is 2. The Morgan fingerprint density at radius 2 is 2.00 bits per heavy atom. The van der Waals surface area contributed by atoms with E-state index in [-0.39, 0.29) is 5.43 Å². The third-order valence-corrected chi connectivity index (χ3v) is 2.78. The molecule has 1 saturated heterocycles. The van der Waals surface area contributed by atoms with Crippen LogP contribution in [0.1, 0.15) is 30.1 Å². The van der Waals surface area contributed by atoms with E-state index in [0.717, 1.165) is 37.3 Å². The molecule has 1 fully saturated rings. The van der Waals surface area contributed by atoms with Crippen LogP contribution in [0.2, 0.25) is 0 Å². The molecule has 0 unspecified atom stereocenters. The second-order valence-electron chi connectivity index (χ2n) is 3.98. The Morgan fingerprint density at radius 1 is 1.29 bits per heavy atom. The maximum Gasteiger partial charge on any atom is 0.182 e. The Labute approximate surface area is 83.5 Å². The molecule has 0 aromatic carbocycles. The largest absolute Gasteiger partial charge is 0.362 e. The van der Waals surface area contributed by atoms with Gasteiger partial charge in [-0.3, -0.25) is 4.79 Å². The van der Waals surface area contributed by atoms with E-state index in [0.29, 0.717) is 5.92 Å². The highest BCUT2D eigenvalue weighted by molar-refractivity contribution is 5.15. The summed E-state index contributed by atoms with van der Waals surface area (Å²) in [4.78, 5) is 14.6. The van der Waals surface area contributed by atoms with Gasteiger partial charge >= 0.3 is 0 Å². The van der Waals surface area contributed by atoms with Crippen LogP contribution in [0.15, 0.2) is 16.9 Å². The minimum atomic E-state index is 0.120. The SMILES string of the molecule is Cc1cc(=O)cc(C2CCNCC2)[nH]1. The average Bonchev–Trinajstić information content (AvgIpc) is 2.18. The fourth-order valence-electron chi connectivity index (χ4n) is 2.06. The van der Waals surface area contributed by atoms with Gasteiger partial charge in [-0.2, -0.15) is 0 Å². The zero-order valence-electron chi connectivity index (χ0n) is 8.47. The van der Waals surface area contributed by atoms with Gasteiger partial charge in [-0.1, -0.05) is 0 Å². The lowest BCUT2D eigenvalue weighted by Gasteiger charge is -2.22. The van der Waals surface area contributed by atoms with Crippen LogP contribution in [0, 0.1) is 6.92 Å². The first kappa shape index (κ1) is 9.46. The molecule has 3 heteroatoms. The summed E-state index contributed by atoms with van der Waals surface area (Å²) >= 11 is 0. The standard InChI is InChI=1S/C11H16N2O/c1-8-6-10(14)7-11(13-8)9-2-4-12-5-3-9/h6-7,9,12H,2-5H2,1H3,(H,13,14). The maximum absolute atomic E-state index is 11.3. The van der Waals surface area contributed by atoms with Crippen LogP contribution in [0.4, 0.5) is 0 Å². The van der Waals surface area contributed by atoms with Crippen molar-refractivity contribution in [2.45, 2.75) is 25.7 Å². The van der Waals surface area contributed by atoms with Gasteiger partial charge in [0.1, 0.15) is 0 Å². The summed E-state index contributed by atoms with van der Waals surface area (Å²) < 4.78 is 0. The maximum atomic E-state index is 11.3. The number of aromatic amines is 1. The lowest BCUT2D eigenvalue weighted by molar-refractivity contribution is 0.452. The Morgan fingerprint density at radius 3 is 2.64 bits per heavy atom. The Hall–Kier alpha value is -1.09. The van der Waals surface area contributed by atoms with Gasteiger partial charge in [0.25, 0.3) is 0 Å². The lowest BCUT2D eigenvalue weighted by atomic mass is 9.94. The van der Waals surface area contributed by atoms with Crippen molar-refractivity contribution in [1.29, 1.82) is 0 Å². The van der Waals surface area contributed by atoms with Crippen molar-refractivity contribution in [3.05, 3.63) is 33.7 Å². The molecule has 14 heavy (non-hydrogen) atoms. The first-order chi connectivity index (χ1) is 6.75. The summed E-state index contributed by atoms with van der Waals surface area (Å²) in [6, 6.07) is 3.38. The van der Waals surface area contributed by atoms with Crippen molar-refractivity contribution < 1.29 is 0 Å². The van der Waals surface area contributed by atoms with E-state index in [1.165, 1.54) is 0 Å². The van der Waals surface area contributed by atoms with Gasteiger partial charge < -0.3 is 10.3 Å². The molecule has 2 N–H and O–H groups in total.